The zero-order valence-electron chi connectivity index (χ0n) is 5.29. The van der Waals surface area contributed by atoms with E-state index in [4.69, 9.17) is 0 Å². The van der Waals surface area contributed by atoms with Crippen LogP contribution in [-0.2, 0) is 0 Å². The van der Waals surface area contributed by atoms with Crippen molar-refractivity contribution in [1.82, 2.24) is 0 Å². The Hall–Kier alpha value is -0.763. The second kappa shape index (κ2) is 2.69. The zero-order valence-corrected chi connectivity index (χ0v) is 6.45. The lowest BCUT2D eigenvalue weighted by molar-refractivity contribution is 0.102. The molecule has 0 saturated heterocycles. The van der Waals surface area contributed by atoms with Gasteiger partial charge in [-0.05, 0) is 12.1 Å². The third kappa shape index (κ3) is 1.57. The van der Waals surface area contributed by atoms with Gasteiger partial charge in [-0.15, -0.1) is 0 Å². The Bertz CT molecular complexity index is 205. The second-order valence-electron chi connectivity index (χ2n) is 1.92. The standard InChI is InChI=1S/C7H8OSi/c1-6(8)7-4-2-3-5-9-7/h2-5,9H,1H3. The van der Waals surface area contributed by atoms with E-state index in [2.05, 4.69) is 5.68 Å². The summed E-state index contributed by atoms with van der Waals surface area (Å²) in [6, 6.07) is 5.80. The van der Waals surface area contributed by atoms with Gasteiger partial charge < -0.3 is 0 Å². The summed E-state index contributed by atoms with van der Waals surface area (Å²) in [5.41, 5.74) is 2.07. The van der Waals surface area contributed by atoms with Crippen molar-refractivity contribution in [2.45, 2.75) is 6.92 Å². The molecule has 1 rings (SSSR count). The Morgan fingerprint density at radius 1 is 1.56 bits per heavy atom. The smallest absolute Gasteiger partial charge is 0.155 e. The molecule has 0 radical (unpaired) electrons. The maximum Gasteiger partial charge on any atom is 0.155 e. The highest BCUT2D eigenvalue weighted by Gasteiger charge is 1.92. The normalized spacial score (nSPS) is 9.00. The molecular formula is C7H8OSi. The van der Waals surface area contributed by atoms with Gasteiger partial charge in [0.2, 0.25) is 0 Å². The summed E-state index contributed by atoms with van der Waals surface area (Å²) in [6.45, 7) is 1.62. The molecule has 0 atom stereocenters. The molecule has 2 heteroatoms. The lowest BCUT2D eigenvalue weighted by atomic mass is 10.3. The van der Waals surface area contributed by atoms with E-state index < -0.39 is 0 Å². The zero-order chi connectivity index (χ0) is 6.69. The molecule has 0 bridgehead atoms. The molecule has 0 aliphatic carbocycles. The van der Waals surface area contributed by atoms with Crippen LogP contribution in [-0.4, -0.2) is 14.9 Å². The molecule has 0 unspecified atom stereocenters. The lowest BCUT2D eigenvalue weighted by Gasteiger charge is -1.89. The van der Waals surface area contributed by atoms with Gasteiger partial charge in [-0.3, -0.25) is 4.79 Å². The van der Waals surface area contributed by atoms with E-state index in [9.17, 15) is 4.79 Å². The first-order chi connectivity index (χ1) is 4.30. The molecule has 0 spiro atoms. The van der Waals surface area contributed by atoms with Gasteiger partial charge >= 0.3 is 0 Å². The number of hydrogen-bond donors (Lipinski definition) is 0. The highest BCUT2D eigenvalue weighted by molar-refractivity contribution is 6.39. The van der Waals surface area contributed by atoms with Crippen LogP contribution in [0.5, 0.6) is 0 Å². The molecule has 46 valence electrons. The van der Waals surface area contributed by atoms with E-state index in [1.807, 2.05) is 18.2 Å². The van der Waals surface area contributed by atoms with Crippen LogP contribution in [0.3, 0.4) is 0 Å². The highest BCUT2D eigenvalue weighted by Crippen LogP contribution is 1.91. The van der Waals surface area contributed by atoms with E-state index in [1.165, 1.54) is 0 Å². The molecule has 0 saturated carbocycles. The fourth-order valence-corrected chi connectivity index (χ4v) is 1.58. The largest absolute Gasteiger partial charge is 0.295 e. The lowest BCUT2D eigenvalue weighted by Crippen LogP contribution is -1.94. The first kappa shape index (κ1) is 6.36. The van der Waals surface area contributed by atoms with Gasteiger partial charge in [0.25, 0.3) is 0 Å². The first-order valence-corrected chi connectivity index (χ1v) is 4.11. The molecule has 1 aromatic rings. The number of ketones is 1. The van der Waals surface area contributed by atoms with Gasteiger partial charge in [0.05, 0.1) is 0 Å². The topological polar surface area (TPSA) is 17.1 Å². The Morgan fingerprint density at radius 3 is 2.67 bits per heavy atom. The van der Waals surface area contributed by atoms with Gasteiger partial charge in [-0.1, -0.05) is 23.9 Å². The molecule has 1 heterocycles. The van der Waals surface area contributed by atoms with Crippen molar-refractivity contribution in [3.63, 3.8) is 0 Å². The van der Waals surface area contributed by atoms with Crippen LogP contribution in [0.4, 0.5) is 0 Å². The number of hydrogen-bond acceptors (Lipinski definition) is 1. The summed E-state index contributed by atoms with van der Waals surface area (Å²) in [7, 11) is 0.124. The number of Topliss-reactive ketones (excluding diaryl/α,β-unsaturated/α-hetero) is 1. The first-order valence-electron chi connectivity index (χ1n) is 2.86. The number of rotatable bonds is 1. The van der Waals surface area contributed by atoms with E-state index in [0.29, 0.717) is 0 Å². The van der Waals surface area contributed by atoms with Crippen molar-refractivity contribution in [2.24, 2.45) is 0 Å². The minimum Gasteiger partial charge on any atom is -0.295 e. The molecule has 1 aromatic heterocycles. The monoisotopic (exact) mass is 136 g/mol. The van der Waals surface area contributed by atoms with Gasteiger partial charge in [0, 0.05) is 9.12 Å². The summed E-state index contributed by atoms with van der Waals surface area (Å²) in [4.78, 5) is 10.7. The van der Waals surface area contributed by atoms with Crippen LogP contribution in [0.15, 0.2) is 23.9 Å². The van der Waals surface area contributed by atoms with Gasteiger partial charge in [-0.25, -0.2) is 0 Å². The minimum atomic E-state index is 0.124. The fourth-order valence-electron chi connectivity index (χ4n) is 0.673. The van der Waals surface area contributed by atoms with Crippen molar-refractivity contribution < 1.29 is 4.79 Å². The Labute approximate surface area is 56.5 Å². The molecule has 0 aromatic carbocycles. The Morgan fingerprint density at radius 2 is 2.33 bits per heavy atom. The van der Waals surface area contributed by atoms with E-state index in [0.717, 1.165) is 5.17 Å². The van der Waals surface area contributed by atoms with Crippen molar-refractivity contribution in [2.75, 3.05) is 0 Å². The summed E-state index contributed by atoms with van der Waals surface area (Å²) >= 11 is 0. The van der Waals surface area contributed by atoms with E-state index >= 15 is 0 Å². The predicted molar refractivity (Wildman–Crippen MR) is 39.2 cm³/mol. The van der Waals surface area contributed by atoms with Crippen LogP contribution < -0.4 is 0 Å². The highest BCUT2D eigenvalue weighted by atomic mass is 28.2. The summed E-state index contributed by atoms with van der Waals surface area (Å²) in [5.74, 6) is 0.214. The Balaban J connectivity index is 2.98. The third-order valence-corrected chi connectivity index (χ3v) is 2.55. The van der Waals surface area contributed by atoms with E-state index in [1.54, 1.807) is 6.92 Å². The van der Waals surface area contributed by atoms with E-state index in [-0.39, 0.29) is 14.9 Å². The average Bonchev–Trinajstić information content (AvgIpc) is 1.90. The van der Waals surface area contributed by atoms with Gasteiger partial charge in [0.15, 0.2) is 5.78 Å². The minimum absolute atomic E-state index is 0.124. The van der Waals surface area contributed by atoms with Crippen LogP contribution >= 0.6 is 0 Å². The van der Waals surface area contributed by atoms with Gasteiger partial charge in [-0.2, -0.15) is 0 Å². The summed E-state index contributed by atoms with van der Waals surface area (Å²) in [5, 5.41) is 0.984. The quantitative estimate of drug-likeness (QED) is 0.415. The number of carbonyl (C=O) groups is 1. The summed E-state index contributed by atoms with van der Waals surface area (Å²) in [6.07, 6.45) is 0. The van der Waals surface area contributed by atoms with Crippen LogP contribution in [0.25, 0.3) is 0 Å². The average molecular weight is 136 g/mol. The second-order valence-corrected chi connectivity index (χ2v) is 3.26. The van der Waals surface area contributed by atoms with Crippen LogP contribution in [0, 0.1) is 0 Å². The van der Waals surface area contributed by atoms with Crippen molar-refractivity contribution in [3.05, 3.63) is 29.1 Å². The van der Waals surface area contributed by atoms with Crippen molar-refractivity contribution in [3.8, 4) is 0 Å². The number of carbonyl (C=O) groups excluding carboxylic acids is 1. The molecule has 0 aliphatic heterocycles. The third-order valence-electron chi connectivity index (χ3n) is 1.18. The maximum absolute atomic E-state index is 10.7. The molecule has 0 N–H and O–H groups in total. The van der Waals surface area contributed by atoms with Crippen molar-refractivity contribution in [1.29, 1.82) is 0 Å². The SMILES string of the molecule is CC(=O)c1cccc[siH]1. The molecule has 1 nitrogen and oxygen atoms in total. The molecule has 0 fully saturated rings. The Kier molecular flexibility index (Phi) is 1.90. The summed E-state index contributed by atoms with van der Waals surface area (Å²) < 4.78 is 0. The molecular weight excluding hydrogens is 128 g/mol. The van der Waals surface area contributed by atoms with Crippen LogP contribution in [0.1, 0.15) is 16.9 Å². The maximum atomic E-state index is 10.7. The molecule has 0 amide bonds. The fraction of sp³-hybridized carbons (Fsp3) is 0.143. The molecule has 9 heavy (non-hydrogen) atoms. The van der Waals surface area contributed by atoms with Crippen molar-refractivity contribution >= 4 is 14.9 Å². The van der Waals surface area contributed by atoms with Gasteiger partial charge in [0.1, 0.15) is 0 Å². The predicted octanol–water partition coefficient (Wildman–Crippen LogP) is 0.960. The molecule has 0 aliphatic rings. The van der Waals surface area contributed by atoms with Crippen LogP contribution in [0.2, 0.25) is 0 Å².